The van der Waals surface area contributed by atoms with Gasteiger partial charge in [-0.2, -0.15) is 5.10 Å². The number of fused-ring (bicyclic) bond motifs is 1. The predicted molar refractivity (Wildman–Crippen MR) is 132 cm³/mol. The Morgan fingerprint density at radius 2 is 1.85 bits per heavy atom. The van der Waals surface area contributed by atoms with Gasteiger partial charge in [0, 0.05) is 18.2 Å². The number of carbonyl (C=O) groups excluding carboxylic acids is 2. The first kappa shape index (κ1) is 23.9. The van der Waals surface area contributed by atoms with Crippen molar-refractivity contribution in [2.24, 2.45) is 0 Å². The van der Waals surface area contributed by atoms with Gasteiger partial charge in [-0.25, -0.2) is 9.48 Å². The first-order valence-electron chi connectivity index (χ1n) is 10.7. The molecule has 0 aliphatic carbocycles. The quantitative estimate of drug-likeness (QED) is 0.481. The maximum Gasteiger partial charge on any atom is 0.328 e. The number of hydrogen-bond acceptors (Lipinski definition) is 5. The second-order valence-electron chi connectivity index (χ2n) is 8.09. The van der Waals surface area contributed by atoms with Crippen molar-refractivity contribution in [3.63, 3.8) is 0 Å². The van der Waals surface area contributed by atoms with E-state index in [2.05, 4.69) is 15.7 Å². The van der Waals surface area contributed by atoms with Gasteiger partial charge in [0.25, 0.3) is 5.91 Å². The molecule has 4 rings (SSSR count). The minimum atomic E-state index is -0.865. The zero-order valence-electron chi connectivity index (χ0n) is 18.9. The number of esters is 1. The summed E-state index contributed by atoms with van der Waals surface area (Å²) in [6, 6.07) is 15.1. The van der Waals surface area contributed by atoms with Crippen LogP contribution < -0.4 is 10.6 Å². The topological polar surface area (TPSA) is 85.2 Å². The van der Waals surface area contributed by atoms with E-state index in [4.69, 9.17) is 27.9 Å². The lowest BCUT2D eigenvalue weighted by Gasteiger charge is -2.30. The van der Waals surface area contributed by atoms with Crippen molar-refractivity contribution in [2.45, 2.75) is 32.4 Å². The Morgan fingerprint density at radius 1 is 1.12 bits per heavy atom. The number of allylic oxidation sites excluding steroid dienone is 1. The van der Waals surface area contributed by atoms with Crippen molar-refractivity contribution in [3.05, 3.63) is 92.7 Å². The van der Waals surface area contributed by atoms with Crippen molar-refractivity contribution in [1.82, 2.24) is 15.1 Å². The van der Waals surface area contributed by atoms with E-state index in [0.29, 0.717) is 27.7 Å². The first-order chi connectivity index (χ1) is 16.3. The number of hydrogen-bond donors (Lipinski definition) is 2. The van der Waals surface area contributed by atoms with E-state index in [9.17, 15) is 9.59 Å². The SMILES string of the molecule is COC(=O)[C@@H](Cc1ccccc1)NC(=O)C1=C(C)Nc2cc(C)nn2C1c1ccc(Cl)c(Cl)c1. The highest BCUT2D eigenvalue weighted by Gasteiger charge is 2.35. The molecule has 2 heterocycles. The summed E-state index contributed by atoms with van der Waals surface area (Å²) >= 11 is 12.4. The van der Waals surface area contributed by atoms with E-state index in [1.54, 1.807) is 16.8 Å². The standard InChI is InChI=1S/C25H24Cl2N4O3/c1-14-11-21-28-15(2)22(23(31(21)30-14)17-9-10-18(26)19(27)13-17)24(32)29-20(25(33)34-3)12-16-7-5-4-6-8-16/h4-11,13,20,23,28H,12H2,1-3H3,(H,29,32)/t20-,23?/m1/s1. The predicted octanol–water partition coefficient (Wildman–Crippen LogP) is 4.69. The van der Waals surface area contributed by atoms with Gasteiger partial charge >= 0.3 is 5.97 Å². The molecule has 1 amide bonds. The second kappa shape index (κ2) is 9.91. The van der Waals surface area contributed by atoms with Crippen molar-refractivity contribution >= 4 is 40.9 Å². The largest absolute Gasteiger partial charge is 0.467 e. The molecule has 1 unspecified atom stereocenters. The molecule has 0 saturated carbocycles. The minimum absolute atomic E-state index is 0.294. The van der Waals surface area contributed by atoms with Crippen molar-refractivity contribution in [3.8, 4) is 0 Å². The maximum atomic E-state index is 13.7. The van der Waals surface area contributed by atoms with Gasteiger partial charge in [0.2, 0.25) is 0 Å². The molecule has 9 heteroatoms. The third-order valence-corrected chi connectivity index (χ3v) is 6.41. The lowest BCUT2D eigenvalue weighted by molar-refractivity contribution is -0.144. The second-order valence-corrected chi connectivity index (χ2v) is 8.91. The fourth-order valence-electron chi connectivity index (χ4n) is 4.10. The van der Waals surface area contributed by atoms with E-state index in [0.717, 1.165) is 22.6 Å². The van der Waals surface area contributed by atoms with Crippen LogP contribution in [0.5, 0.6) is 0 Å². The molecule has 0 saturated heterocycles. The maximum absolute atomic E-state index is 13.7. The monoisotopic (exact) mass is 498 g/mol. The average molecular weight is 499 g/mol. The number of anilines is 1. The Hall–Kier alpha value is -3.29. The molecule has 0 bridgehead atoms. The number of methoxy groups -OCH3 is 1. The molecular weight excluding hydrogens is 475 g/mol. The summed E-state index contributed by atoms with van der Waals surface area (Å²) in [7, 11) is 1.30. The Kier molecular flexibility index (Phi) is 6.95. The highest BCUT2D eigenvalue weighted by molar-refractivity contribution is 6.42. The zero-order valence-corrected chi connectivity index (χ0v) is 20.4. The molecule has 1 aliphatic rings. The van der Waals surface area contributed by atoms with E-state index >= 15 is 0 Å². The highest BCUT2D eigenvalue weighted by atomic mass is 35.5. The molecule has 34 heavy (non-hydrogen) atoms. The summed E-state index contributed by atoms with van der Waals surface area (Å²) in [6.45, 7) is 3.69. The summed E-state index contributed by atoms with van der Waals surface area (Å²) in [4.78, 5) is 26.2. The number of ether oxygens (including phenoxy) is 1. The number of carbonyl (C=O) groups is 2. The van der Waals surface area contributed by atoms with Gasteiger partial charge < -0.3 is 15.4 Å². The van der Waals surface area contributed by atoms with Crippen LogP contribution in [0.3, 0.4) is 0 Å². The number of halogens is 2. The highest BCUT2D eigenvalue weighted by Crippen LogP contribution is 2.38. The lowest BCUT2D eigenvalue weighted by atomic mass is 9.94. The molecular formula is C25H24Cl2N4O3. The number of nitrogens with zero attached hydrogens (tertiary/aromatic N) is 2. The number of rotatable bonds is 6. The van der Waals surface area contributed by atoms with Gasteiger partial charge in [-0.1, -0.05) is 59.6 Å². The number of aryl methyl sites for hydroxylation is 1. The van der Waals surface area contributed by atoms with E-state index < -0.39 is 24.0 Å². The van der Waals surface area contributed by atoms with Gasteiger partial charge in [0.1, 0.15) is 17.9 Å². The summed E-state index contributed by atoms with van der Waals surface area (Å²) < 4.78 is 6.70. The van der Waals surface area contributed by atoms with Crippen molar-refractivity contribution in [1.29, 1.82) is 0 Å². The van der Waals surface area contributed by atoms with Gasteiger partial charge in [-0.05, 0) is 37.1 Å². The number of amides is 1. The molecule has 3 aromatic rings. The summed E-state index contributed by atoms with van der Waals surface area (Å²) in [5.41, 5.74) is 3.48. The van der Waals surface area contributed by atoms with Crippen LogP contribution >= 0.6 is 23.2 Å². The Labute approximate surface area is 207 Å². The molecule has 0 spiro atoms. The van der Waals surface area contributed by atoms with Crippen LogP contribution in [0.4, 0.5) is 5.82 Å². The molecule has 2 N–H and O–H groups in total. The van der Waals surface area contributed by atoms with Crippen LogP contribution in [0.15, 0.2) is 65.9 Å². The molecule has 2 aromatic carbocycles. The Bertz CT molecular complexity index is 1270. The first-order valence-corrected chi connectivity index (χ1v) is 11.5. The zero-order chi connectivity index (χ0) is 24.4. The molecule has 176 valence electrons. The van der Waals surface area contributed by atoms with Crippen LogP contribution in [-0.2, 0) is 20.7 Å². The van der Waals surface area contributed by atoms with Crippen LogP contribution in [0, 0.1) is 6.92 Å². The van der Waals surface area contributed by atoms with E-state index in [1.165, 1.54) is 7.11 Å². The number of aromatic nitrogens is 2. The lowest BCUT2D eigenvalue weighted by Crippen LogP contribution is -2.45. The van der Waals surface area contributed by atoms with Gasteiger partial charge in [-0.15, -0.1) is 0 Å². The minimum Gasteiger partial charge on any atom is -0.467 e. The normalized spacial score (nSPS) is 15.9. The van der Waals surface area contributed by atoms with Crippen LogP contribution in [-0.4, -0.2) is 34.8 Å². The molecule has 1 aromatic heterocycles. The third kappa shape index (κ3) is 4.81. The fourth-order valence-corrected chi connectivity index (χ4v) is 4.41. The van der Waals surface area contributed by atoms with Crippen LogP contribution in [0.25, 0.3) is 0 Å². The molecule has 2 atom stereocenters. The smallest absolute Gasteiger partial charge is 0.328 e. The van der Waals surface area contributed by atoms with Gasteiger partial charge in [0.05, 0.1) is 28.4 Å². The Morgan fingerprint density at radius 3 is 2.53 bits per heavy atom. The summed E-state index contributed by atoms with van der Waals surface area (Å²) in [5, 5.41) is 11.5. The molecule has 1 aliphatic heterocycles. The Balaban J connectivity index is 1.72. The van der Waals surface area contributed by atoms with E-state index in [-0.39, 0.29) is 0 Å². The van der Waals surface area contributed by atoms with Crippen LogP contribution in [0.2, 0.25) is 10.0 Å². The van der Waals surface area contributed by atoms with Crippen molar-refractivity contribution < 1.29 is 14.3 Å². The molecule has 0 radical (unpaired) electrons. The van der Waals surface area contributed by atoms with Crippen LogP contribution in [0.1, 0.15) is 29.8 Å². The fraction of sp³-hybridized carbons (Fsp3) is 0.240. The third-order valence-electron chi connectivity index (χ3n) is 5.67. The number of nitrogens with one attached hydrogen (secondary N) is 2. The molecule has 7 nitrogen and oxygen atoms in total. The average Bonchev–Trinajstić information content (AvgIpc) is 3.19. The molecule has 0 fully saturated rings. The summed E-state index contributed by atoms with van der Waals surface area (Å²) in [6.07, 6.45) is 0.294. The van der Waals surface area contributed by atoms with Crippen molar-refractivity contribution in [2.75, 3.05) is 12.4 Å². The van der Waals surface area contributed by atoms with Gasteiger partial charge in [0.15, 0.2) is 0 Å². The number of benzene rings is 2. The summed E-state index contributed by atoms with van der Waals surface area (Å²) in [5.74, 6) is -0.191. The van der Waals surface area contributed by atoms with E-state index in [1.807, 2.05) is 56.3 Å². The van der Waals surface area contributed by atoms with Gasteiger partial charge in [-0.3, -0.25) is 4.79 Å².